The fourth-order valence-corrected chi connectivity index (χ4v) is 1.31. The van der Waals surface area contributed by atoms with E-state index in [2.05, 4.69) is 10.1 Å². The van der Waals surface area contributed by atoms with Crippen molar-refractivity contribution >= 4 is 17.3 Å². The first-order chi connectivity index (χ1) is 8.13. The highest BCUT2D eigenvalue weighted by atomic mass is 16.6. The smallest absolute Gasteiger partial charge is 0.343 e. The lowest BCUT2D eigenvalue weighted by Crippen LogP contribution is -2.05. The fourth-order valence-electron chi connectivity index (χ4n) is 1.31. The van der Waals surface area contributed by atoms with E-state index in [1.807, 2.05) is 0 Å². The van der Waals surface area contributed by atoms with Gasteiger partial charge in [-0.25, -0.2) is 14.3 Å². The summed E-state index contributed by atoms with van der Waals surface area (Å²) in [5.41, 5.74) is 0.215. The molecule has 0 atom stereocenters. The minimum Gasteiger partial charge on any atom is -0.462 e. The van der Waals surface area contributed by atoms with Crippen molar-refractivity contribution in [1.82, 2.24) is 14.6 Å². The van der Waals surface area contributed by atoms with Crippen molar-refractivity contribution in [2.45, 2.75) is 6.92 Å². The first-order valence-corrected chi connectivity index (χ1v) is 4.78. The second-order valence-corrected chi connectivity index (χ2v) is 3.12. The van der Waals surface area contributed by atoms with Crippen LogP contribution >= 0.6 is 0 Å². The van der Waals surface area contributed by atoms with Gasteiger partial charge in [-0.15, -0.1) is 0 Å². The maximum absolute atomic E-state index is 11.5. The average molecular weight is 236 g/mol. The molecule has 0 bridgehead atoms. The summed E-state index contributed by atoms with van der Waals surface area (Å²) in [5, 5.41) is 14.3. The zero-order valence-corrected chi connectivity index (χ0v) is 8.86. The van der Waals surface area contributed by atoms with E-state index in [1.165, 1.54) is 16.9 Å². The minimum absolute atomic E-state index is 0.182. The molecule has 2 aromatic rings. The van der Waals surface area contributed by atoms with E-state index in [0.717, 1.165) is 6.20 Å². The topological polar surface area (TPSA) is 99.6 Å². The molecule has 0 aromatic carbocycles. The Morgan fingerprint density at radius 2 is 2.35 bits per heavy atom. The third kappa shape index (κ3) is 1.92. The van der Waals surface area contributed by atoms with E-state index in [9.17, 15) is 14.9 Å². The highest BCUT2D eigenvalue weighted by Gasteiger charge is 2.17. The number of ether oxygens (including phenoxy) is 1. The summed E-state index contributed by atoms with van der Waals surface area (Å²) in [6, 6.07) is 0. The normalized spacial score (nSPS) is 10.4. The molecule has 0 unspecified atom stereocenters. The molecule has 0 radical (unpaired) electrons. The zero-order valence-electron chi connectivity index (χ0n) is 8.86. The van der Waals surface area contributed by atoms with E-state index >= 15 is 0 Å². The molecule has 8 heteroatoms. The van der Waals surface area contributed by atoms with E-state index in [-0.39, 0.29) is 23.5 Å². The van der Waals surface area contributed by atoms with Gasteiger partial charge in [0.05, 0.1) is 17.7 Å². The number of fused-ring (bicyclic) bond motifs is 1. The van der Waals surface area contributed by atoms with E-state index in [4.69, 9.17) is 4.74 Å². The third-order valence-electron chi connectivity index (χ3n) is 2.05. The molecular formula is C9H8N4O4. The maximum Gasteiger partial charge on any atom is 0.343 e. The Kier molecular flexibility index (Phi) is 2.69. The van der Waals surface area contributed by atoms with Crippen molar-refractivity contribution in [1.29, 1.82) is 0 Å². The predicted molar refractivity (Wildman–Crippen MR) is 55.6 cm³/mol. The fraction of sp³-hybridized carbons (Fsp3) is 0.222. The van der Waals surface area contributed by atoms with Crippen molar-refractivity contribution < 1.29 is 14.5 Å². The van der Waals surface area contributed by atoms with E-state index < -0.39 is 10.9 Å². The van der Waals surface area contributed by atoms with Gasteiger partial charge < -0.3 is 4.74 Å². The SMILES string of the molecule is CCOC(=O)c1cnn2cc([N+](=O)[O-])cnc12. The summed E-state index contributed by atoms with van der Waals surface area (Å²) in [7, 11) is 0. The number of nitro groups is 1. The highest BCUT2D eigenvalue weighted by molar-refractivity contribution is 5.95. The van der Waals surface area contributed by atoms with Crippen LogP contribution < -0.4 is 0 Å². The van der Waals surface area contributed by atoms with Crippen LogP contribution in [0.3, 0.4) is 0 Å². The van der Waals surface area contributed by atoms with Crippen molar-refractivity contribution in [2.75, 3.05) is 6.61 Å². The van der Waals surface area contributed by atoms with Gasteiger partial charge in [0.2, 0.25) is 0 Å². The minimum atomic E-state index is -0.585. The quantitative estimate of drug-likeness (QED) is 0.444. The lowest BCUT2D eigenvalue weighted by molar-refractivity contribution is -0.385. The maximum atomic E-state index is 11.5. The van der Waals surface area contributed by atoms with E-state index in [0.29, 0.717) is 0 Å². The molecule has 0 spiro atoms. The number of esters is 1. The summed E-state index contributed by atoms with van der Waals surface area (Å²) in [4.78, 5) is 25.2. The number of rotatable bonds is 3. The number of carbonyl (C=O) groups is 1. The van der Waals surface area contributed by atoms with Crippen LogP contribution in [0.4, 0.5) is 5.69 Å². The van der Waals surface area contributed by atoms with Gasteiger partial charge in [-0.05, 0) is 6.92 Å². The Hall–Kier alpha value is -2.51. The molecular weight excluding hydrogens is 228 g/mol. The molecule has 17 heavy (non-hydrogen) atoms. The van der Waals surface area contributed by atoms with Gasteiger partial charge in [0, 0.05) is 0 Å². The van der Waals surface area contributed by atoms with Gasteiger partial charge in [0.1, 0.15) is 18.0 Å². The number of hydrogen-bond acceptors (Lipinski definition) is 6. The van der Waals surface area contributed by atoms with Crippen LogP contribution in [0.15, 0.2) is 18.6 Å². The molecule has 0 aliphatic carbocycles. The summed E-state index contributed by atoms with van der Waals surface area (Å²) >= 11 is 0. The summed E-state index contributed by atoms with van der Waals surface area (Å²) in [6.07, 6.45) is 3.52. The van der Waals surface area contributed by atoms with Crippen LogP contribution in [0.5, 0.6) is 0 Å². The monoisotopic (exact) mass is 236 g/mol. The third-order valence-corrected chi connectivity index (χ3v) is 2.05. The first-order valence-electron chi connectivity index (χ1n) is 4.78. The molecule has 0 aliphatic heterocycles. The number of nitrogens with zero attached hydrogens (tertiary/aromatic N) is 4. The van der Waals surface area contributed by atoms with Crippen LogP contribution in [0.1, 0.15) is 17.3 Å². The van der Waals surface area contributed by atoms with Crippen LogP contribution in [0.2, 0.25) is 0 Å². The molecule has 0 saturated heterocycles. The molecule has 0 aliphatic rings. The first kappa shape index (κ1) is 11.0. The predicted octanol–water partition coefficient (Wildman–Crippen LogP) is 0.814. The summed E-state index contributed by atoms with van der Waals surface area (Å²) in [6.45, 7) is 1.92. The van der Waals surface area contributed by atoms with Crippen molar-refractivity contribution in [3.63, 3.8) is 0 Å². The van der Waals surface area contributed by atoms with Crippen LogP contribution in [-0.4, -0.2) is 32.1 Å². The molecule has 0 fully saturated rings. The second kappa shape index (κ2) is 4.16. The standard InChI is InChI=1S/C9H8N4O4/c1-2-17-9(14)7-4-11-12-5-6(13(15)16)3-10-8(7)12/h3-5H,2H2,1H3. The van der Waals surface area contributed by atoms with Gasteiger partial charge in [-0.2, -0.15) is 5.10 Å². The van der Waals surface area contributed by atoms with Crippen LogP contribution in [-0.2, 0) is 4.74 Å². The Labute approximate surface area is 95.0 Å². The molecule has 2 rings (SSSR count). The highest BCUT2D eigenvalue weighted by Crippen LogP contribution is 2.13. The Morgan fingerprint density at radius 1 is 1.59 bits per heavy atom. The Balaban J connectivity index is 2.48. The Bertz CT molecular complexity index is 592. The molecule has 2 aromatic heterocycles. The lowest BCUT2D eigenvalue weighted by atomic mass is 10.3. The molecule has 2 heterocycles. The van der Waals surface area contributed by atoms with E-state index in [1.54, 1.807) is 6.92 Å². The van der Waals surface area contributed by atoms with Crippen molar-refractivity contribution in [3.8, 4) is 0 Å². The largest absolute Gasteiger partial charge is 0.462 e. The molecule has 88 valence electrons. The lowest BCUT2D eigenvalue weighted by Gasteiger charge is -1.98. The summed E-state index contributed by atoms with van der Waals surface area (Å²) in [5.74, 6) is -0.552. The molecule has 0 N–H and O–H groups in total. The summed E-state index contributed by atoms with van der Waals surface area (Å²) < 4.78 is 5.98. The Morgan fingerprint density at radius 3 is 3.00 bits per heavy atom. The van der Waals surface area contributed by atoms with Crippen molar-refractivity contribution in [3.05, 3.63) is 34.3 Å². The zero-order chi connectivity index (χ0) is 12.4. The second-order valence-electron chi connectivity index (χ2n) is 3.12. The van der Waals surface area contributed by atoms with Gasteiger partial charge in [0.15, 0.2) is 5.65 Å². The number of hydrogen-bond donors (Lipinski definition) is 0. The number of aromatic nitrogens is 3. The van der Waals surface area contributed by atoms with Gasteiger partial charge in [0.25, 0.3) is 0 Å². The number of carbonyl (C=O) groups excluding carboxylic acids is 1. The van der Waals surface area contributed by atoms with Crippen LogP contribution in [0.25, 0.3) is 5.65 Å². The van der Waals surface area contributed by atoms with Crippen molar-refractivity contribution in [2.24, 2.45) is 0 Å². The van der Waals surface area contributed by atoms with Crippen LogP contribution in [0, 0.1) is 10.1 Å². The molecule has 8 nitrogen and oxygen atoms in total. The molecule has 0 amide bonds. The van der Waals surface area contributed by atoms with Gasteiger partial charge in [-0.3, -0.25) is 10.1 Å². The van der Waals surface area contributed by atoms with Gasteiger partial charge in [-0.1, -0.05) is 0 Å². The molecule has 0 saturated carbocycles. The average Bonchev–Trinajstić information content (AvgIpc) is 2.71. The van der Waals surface area contributed by atoms with Gasteiger partial charge >= 0.3 is 11.7 Å².